The molecule has 0 bridgehead atoms. The maximum absolute atomic E-state index is 13.0. The predicted molar refractivity (Wildman–Crippen MR) is 113 cm³/mol. The second-order valence-corrected chi connectivity index (χ2v) is 7.85. The molecule has 7 nitrogen and oxygen atoms in total. The summed E-state index contributed by atoms with van der Waals surface area (Å²) in [7, 11) is 0. The Kier molecular flexibility index (Phi) is 7.25. The van der Waals surface area contributed by atoms with Gasteiger partial charge in [0.25, 0.3) is 0 Å². The van der Waals surface area contributed by atoms with Crippen molar-refractivity contribution < 1.29 is 37.4 Å². The molecule has 2 amide bonds. The molecule has 2 atom stereocenters. The Labute approximate surface area is 187 Å². The van der Waals surface area contributed by atoms with Gasteiger partial charge in [-0.05, 0) is 29.2 Å². The van der Waals surface area contributed by atoms with E-state index in [4.69, 9.17) is 9.84 Å². The van der Waals surface area contributed by atoms with Crippen LogP contribution in [0.4, 0.5) is 18.0 Å². The van der Waals surface area contributed by atoms with Gasteiger partial charge in [-0.3, -0.25) is 9.59 Å². The molecule has 0 fully saturated rings. The number of amides is 2. The van der Waals surface area contributed by atoms with Gasteiger partial charge in [0.05, 0.1) is 12.8 Å². The van der Waals surface area contributed by atoms with Crippen molar-refractivity contribution in [3.63, 3.8) is 0 Å². The lowest BCUT2D eigenvalue weighted by Crippen LogP contribution is -2.51. The van der Waals surface area contributed by atoms with Gasteiger partial charge >= 0.3 is 18.2 Å². The lowest BCUT2D eigenvalue weighted by Gasteiger charge is -2.22. The van der Waals surface area contributed by atoms with Crippen LogP contribution in [0.25, 0.3) is 11.1 Å². The first-order valence-electron chi connectivity index (χ1n) is 10.3. The topological polar surface area (TPSA) is 105 Å². The van der Waals surface area contributed by atoms with E-state index in [1.54, 1.807) is 0 Å². The minimum atomic E-state index is -4.74. The van der Waals surface area contributed by atoms with E-state index < -0.39 is 49.1 Å². The quantitative estimate of drug-likeness (QED) is 0.551. The van der Waals surface area contributed by atoms with Crippen LogP contribution in [-0.4, -0.2) is 47.9 Å². The second kappa shape index (κ2) is 9.93. The number of alkyl halides is 3. The van der Waals surface area contributed by atoms with Gasteiger partial charge in [-0.1, -0.05) is 48.5 Å². The molecule has 1 aliphatic carbocycles. The summed E-state index contributed by atoms with van der Waals surface area (Å²) >= 11 is 0. The molecule has 1 aliphatic rings. The molecule has 0 aromatic heterocycles. The number of carboxylic acids is 1. The number of carbonyl (C=O) groups is 3. The minimum absolute atomic E-state index is 0.129. The molecule has 0 aliphatic heterocycles. The summed E-state index contributed by atoms with van der Waals surface area (Å²) in [6.45, 7) is 1.21. The summed E-state index contributed by atoms with van der Waals surface area (Å²) in [6, 6.07) is 12.3. The number of halogens is 3. The first-order valence-corrected chi connectivity index (χ1v) is 10.3. The maximum atomic E-state index is 13.0. The van der Waals surface area contributed by atoms with E-state index in [-0.39, 0.29) is 12.5 Å². The van der Waals surface area contributed by atoms with Crippen molar-refractivity contribution in [1.29, 1.82) is 0 Å². The van der Waals surface area contributed by atoms with Crippen molar-refractivity contribution >= 4 is 18.0 Å². The Hall–Kier alpha value is -3.56. The van der Waals surface area contributed by atoms with Gasteiger partial charge in [-0.25, -0.2) is 4.79 Å². The van der Waals surface area contributed by atoms with Crippen LogP contribution in [0.5, 0.6) is 0 Å². The zero-order chi connectivity index (χ0) is 24.2. The van der Waals surface area contributed by atoms with E-state index in [1.165, 1.54) is 6.92 Å². The van der Waals surface area contributed by atoms with E-state index in [0.717, 1.165) is 22.3 Å². The SMILES string of the molecule is CC(CC(=O)O)NC(=O)C(CC(F)(F)F)NC(=O)OCC1c2ccccc2-c2ccccc21. The standard InChI is InChI=1S/C23H23F3N2O5/c1-13(10-20(29)30)27-21(31)19(11-23(24,25)26)28-22(32)33-12-18-16-8-4-2-6-14(16)15-7-3-5-9-17(15)18/h2-9,13,18-19H,10-12H2,1H3,(H,27,31)(H,28,32)(H,29,30). The molecular formula is C23H23F3N2O5. The molecule has 33 heavy (non-hydrogen) atoms. The third-order valence-electron chi connectivity index (χ3n) is 5.26. The van der Waals surface area contributed by atoms with Gasteiger partial charge in [0, 0.05) is 12.0 Å². The fourth-order valence-corrected chi connectivity index (χ4v) is 3.88. The second-order valence-electron chi connectivity index (χ2n) is 7.85. The number of hydrogen-bond donors (Lipinski definition) is 3. The Bertz CT molecular complexity index is 995. The van der Waals surface area contributed by atoms with Crippen molar-refractivity contribution in [2.45, 2.75) is 43.9 Å². The minimum Gasteiger partial charge on any atom is -0.481 e. The van der Waals surface area contributed by atoms with Gasteiger partial charge in [-0.15, -0.1) is 0 Å². The van der Waals surface area contributed by atoms with Gasteiger partial charge < -0.3 is 20.5 Å². The lowest BCUT2D eigenvalue weighted by molar-refractivity contribution is -0.149. The van der Waals surface area contributed by atoms with E-state index in [1.807, 2.05) is 53.8 Å². The van der Waals surface area contributed by atoms with E-state index >= 15 is 0 Å². The van der Waals surface area contributed by atoms with E-state index in [0.29, 0.717) is 0 Å². The lowest BCUT2D eigenvalue weighted by atomic mass is 9.98. The summed E-state index contributed by atoms with van der Waals surface area (Å²) in [5, 5.41) is 12.9. The summed E-state index contributed by atoms with van der Waals surface area (Å²) < 4.78 is 44.1. The molecule has 3 rings (SSSR count). The molecule has 3 N–H and O–H groups in total. The number of carboxylic acid groups (broad SMARTS) is 1. The van der Waals surface area contributed by atoms with Gasteiger partial charge in [0.15, 0.2) is 0 Å². The molecule has 0 spiro atoms. The van der Waals surface area contributed by atoms with Crippen LogP contribution in [0, 0.1) is 0 Å². The number of fused-ring (bicyclic) bond motifs is 3. The molecule has 2 aromatic rings. The predicted octanol–water partition coefficient (Wildman–Crippen LogP) is 3.83. The van der Waals surface area contributed by atoms with Crippen LogP contribution in [0.2, 0.25) is 0 Å². The largest absolute Gasteiger partial charge is 0.481 e. The van der Waals surface area contributed by atoms with Crippen LogP contribution in [-0.2, 0) is 14.3 Å². The molecular weight excluding hydrogens is 441 g/mol. The van der Waals surface area contributed by atoms with Crippen molar-refractivity contribution in [1.82, 2.24) is 10.6 Å². The maximum Gasteiger partial charge on any atom is 0.407 e. The average molecular weight is 464 g/mol. The fourth-order valence-electron chi connectivity index (χ4n) is 3.88. The number of rotatable bonds is 8. The van der Waals surface area contributed by atoms with Crippen molar-refractivity contribution in [3.05, 3.63) is 59.7 Å². The monoisotopic (exact) mass is 464 g/mol. The first kappa shape index (κ1) is 24.1. The molecule has 0 heterocycles. The molecule has 0 radical (unpaired) electrons. The smallest absolute Gasteiger partial charge is 0.407 e. The van der Waals surface area contributed by atoms with Crippen molar-refractivity contribution in [2.75, 3.05) is 6.61 Å². The van der Waals surface area contributed by atoms with Gasteiger partial charge in [0.1, 0.15) is 12.6 Å². The number of nitrogens with one attached hydrogen (secondary N) is 2. The van der Waals surface area contributed by atoms with Crippen LogP contribution in [0.15, 0.2) is 48.5 Å². The molecule has 2 aromatic carbocycles. The number of ether oxygens (including phenoxy) is 1. The molecule has 10 heteroatoms. The van der Waals surface area contributed by atoms with Crippen LogP contribution < -0.4 is 10.6 Å². The van der Waals surface area contributed by atoms with Crippen molar-refractivity contribution in [3.8, 4) is 11.1 Å². The van der Waals surface area contributed by atoms with Gasteiger partial charge in [0.2, 0.25) is 5.91 Å². The number of hydrogen-bond acceptors (Lipinski definition) is 4. The highest BCUT2D eigenvalue weighted by Gasteiger charge is 2.37. The summed E-state index contributed by atoms with van der Waals surface area (Å²) in [4.78, 5) is 35.3. The van der Waals surface area contributed by atoms with Crippen LogP contribution >= 0.6 is 0 Å². The van der Waals surface area contributed by atoms with Crippen LogP contribution in [0.3, 0.4) is 0 Å². The number of benzene rings is 2. The molecule has 2 unspecified atom stereocenters. The zero-order valence-electron chi connectivity index (χ0n) is 17.7. The Balaban J connectivity index is 1.67. The average Bonchev–Trinajstić information content (AvgIpc) is 3.04. The Morgan fingerprint density at radius 3 is 2.06 bits per heavy atom. The number of alkyl carbamates (subject to hydrolysis) is 1. The van der Waals surface area contributed by atoms with Crippen molar-refractivity contribution in [2.24, 2.45) is 0 Å². The van der Waals surface area contributed by atoms with E-state index in [9.17, 15) is 27.6 Å². The number of aliphatic carboxylic acids is 1. The molecule has 176 valence electrons. The number of carbonyl (C=O) groups excluding carboxylic acids is 2. The van der Waals surface area contributed by atoms with Crippen LogP contribution in [0.1, 0.15) is 36.8 Å². The highest BCUT2D eigenvalue weighted by atomic mass is 19.4. The first-order chi connectivity index (χ1) is 15.5. The zero-order valence-corrected chi connectivity index (χ0v) is 17.7. The Morgan fingerprint density at radius 2 is 1.55 bits per heavy atom. The summed E-state index contributed by atoms with van der Waals surface area (Å²) in [5.74, 6) is -2.66. The third kappa shape index (κ3) is 6.24. The van der Waals surface area contributed by atoms with Gasteiger partial charge in [-0.2, -0.15) is 13.2 Å². The molecule has 0 saturated heterocycles. The normalized spacial score (nSPS) is 14.5. The highest BCUT2D eigenvalue weighted by Crippen LogP contribution is 2.44. The molecule has 0 saturated carbocycles. The fraction of sp³-hybridized carbons (Fsp3) is 0.348. The Morgan fingerprint density at radius 1 is 1.00 bits per heavy atom. The highest BCUT2D eigenvalue weighted by molar-refractivity contribution is 5.86. The summed E-state index contributed by atoms with van der Waals surface area (Å²) in [5.41, 5.74) is 3.84. The van der Waals surface area contributed by atoms with E-state index in [2.05, 4.69) is 5.32 Å². The third-order valence-corrected chi connectivity index (χ3v) is 5.26. The summed E-state index contributed by atoms with van der Waals surface area (Å²) in [6.07, 6.45) is -8.01.